The quantitative estimate of drug-likeness (QED) is 0.302. The molecule has 0 radical (unpaired) electrons. The molecule has 1 fully saturated rings. The highest BCUT2D eigenvalue weighted by Gasteiger charge is 2.28. The first kappa shape index (κ1) is 27.5. The summed E-state index contributed by atoms with van der Waals surface area (Å²) in [6, 6.07) is 9.23. The molecule has 12 heteroatoms. The molecule has 0 saturated carbocycles. The summed E-state index contributed by atoms with van der Waals surface area (Å²) in [4.78, 5) is 30.4. The third kappa shape index (κ3) is 6.39. The molecule has 4 heterocycles. The molecule has 0 N–H and O–H groups in total. The van der Waals surface area contributed by atoms with Gasteiger partial charge in [-0.2, -0.15) is 23.4 Å². The van der Waals surface area contributed by atoms with Gasteiger partial charge in [0.1, 0.15) is 12.4 Å². The highest BCUT2D eigenvalue weighted by atomic mass is 19.4. The van der Waals surface area contributed by atoms with Crippen LogP contribution < -0.4 is 0 Å². The zero-order valence-corrected chi connectivity index (χ0v) is 22.0. The summed E-state index contributed by atoms with van der Waals surface area (Å²) in [6.45, 7) is 1.42. The molecule has 1 aromatic carbocycles. The van der Waals surface area contributed by atoms with E-state index in [9.17, 15) is 22.8 Å². The first-order chi connectivity index (χ1) is 19.2. The van der Waals surface area contributed by atoms with E-state index < -0.39 is 24.8 Å². The number of aromatic nitrogens is 5. The van der Waals surface area contributed by atoms with Crippen molar-refractivity contribution in [2.45, 2.75) is 44.3 Å². The molecule has 5 rings (SSSR count). The number of hydrogen-bond donors (Lipinski definition) is 0. The summed E-state index contributed by atoms with van der Waals surface area (Å²) in [5.74, 6) is -0.456. The highest BCUT2D eigenvalue weighted by molar-refractivity contribution is 5.81. The van der Waals surface area contributed by atoms with E-state index in [0.29, 0.717) is 30.0 Å². The number of piperidine rings is 1. The molecular formula is C28H29F3N6O3. The van der Waals surface area contributed by atoms with E-state index >= 15 is 0 Å². The fourth-order valence-corrected chi connectivity index (χ4v) is 4.95. The van der Waals surface area contributed by atoms with Crippen LogP contribution in [-0.2, 0) is 20.7 Å². The van der Waals surface area contributed by atoms with Gasteiger partial charge in [0.15, 0.2) is 5.65 Å². The van der Waals surface area contributed by atoms with Crippen molar-refractivity contribution in [2.24, 2.45) is 0 Å². The maximum Gasteiger partial charge on any atom is 0.389 e. The predicted molar refractivity (Wildman–Crippen MR) is 140 cm³/mol. The Morgan fingerprint density at radius 3 is 2.55 bits per heavy atom. The number of halogens is 3. The van der Waals surface area contributed by atoms with Crippen molar-refractivity contribution in [3.8, 4) is 22.4 Å². The van der Waals surface area contributed by atoms with Gasteiger partial charge in [-0.1, -0.05) is 18.2 Å². The molecule has 40 heavy (non-hydrogen) atoms. The SMILES string of the molecule is COCC(=O)N1CCC(n2cc(-c3cnn4c(-c5cccc(CC(=O)CCC(F)(F)F)c5)cnc4c3)cn2)CC1. The first-order valence-corrected chi connectivity index (χ1v) is 13.0. The normalized spacial score (nSPS) is 14.7. The Kier molecular flexibility index (Phi) is 7.97. The zero-order chi connectivity index (χ0) is 28.3. The van der Waals surface area contributed by atoms with Crippen LogP contribution in [0.5, 0.6) is 0 Å². The molecule has 3 aromatic heterocycles. The Hall–Kier alpha value is -4.06. The van der Waals surface area contributed by atoms with Crippen molar-refractivity contribution < 1.29 is 27.5 Å². The molecule has 0 bridgehead atoms. The number of benzene rings is 1. The van der Waals surface area contributed by atoms with Gasteiger partial charge in [0.2, 0.25) is 5.91 Å². The fourth-order valence-electron chi connectivity index (χ4n) is 4.95. The van der Waals surface area contributed by atoms with E-state index in [2.05, 4.69) is 15.2 Å². The maximum atomic E-state index is 12.4. The van der Waals surface area contributed by atoms with Gasteiger partial charge in [-0.05, 0) is 30.5 Å². The molecule has 0 unspecified atom stereocenters. The summed E-state index contributed by atoms with van der Waals surface area (Å²) in [5, 5.41) is 9.14. The minimum atomic E-state index is -4.35. The average molecular weight is 555 g/mol. The van der Waals surface area contributed by atoms with Crippen LogP contribution in [0.3, 0.4) is 0 Å². The molecular weight excluding hydrogens is 525 g/mol. The van der Waals surface area contributed by atoms with Crippen molar-refractivity contribution >= 4 is 17.3 Å². The molecule has 9 nitrogen and oxygen atoms in total. The highest BCUT2D eigenvalue weighted by Crippen LogP contribution is 2.28. The third-order valence-corrected chi connectivity index (χ3v) is 7.07. The molecule has 0 atom stereocenters. The number of nitrogens with zero attached hydrogens (tertiary/aromatic N) is 6. The fraction of sp³-hybridized carbons (Fsp3) is 0.393. The van der Waals surface area contributed by atoms with E-state index in [0.717, 1.165) is 29.5 Å². The van der Waals surface area contributed by atoms with Gasteiger partial charge in [-0.15, -0.1) is 0 Å². The van der Waals surface area contributed by atoms with Crippen molar-refractivity contribution in [3.05, 3.63) is 60.7 Å². The van der Waals surface area contributed by atoms with Gasteiger partial charge in [0, 0.05) is 55.9 Å². The number of ether oxygens (including phenoxy) is 1. The van der Waals surface area contributed by atoms with Crippen LogP contribution in [-0.4, -0.2) is 74.0 Å². The van der Waals surface area contributed by atoms with Crippen LogP contribution in [0, 0.1) is 0 Å². The number of imidazole rings is 1. The number of hydrogen-bond acceptors (Lipinski definition) is 6. The number of methoxy groups -OCH3 is 1. The summed E-state index contributed by atoms with van der Waals surface area (Å²) >= 11 is 0. The van der Waals surface area contributed by atoms with E-state index in [-0.39, 0.29) is 25.0 Å². The molecule has 1 aliphatic rings. The monoisotopic (exact) mass is 554 g/mol. The summed E-state index contributed by atoms with van der Waals surface area (Å²) in [7, 11) is 1.52. The largest absolute Gasteiger partial charge is 0.389 e. The number of carbonyl (C=O) groups excluding carboxylic acids is 2. The summed E-state index contributed by atoms with van der Waals surface area (Å²) in [5.41, 5.74) is 4.48. The van der Waals surface area contributed by atoms with E-state index in [1.807, 2.05) is 27.9 Å². The maximum absolute atomic E-state index is 12.4. The van der Waals surface area contributed by atoms with Gasteiger partial charge < -0.3 is 9.64 Å². The number of rotatable bonds is 9. The van der Waals surface area contributed by atoms with Crippen LogP contribution in [0.4, 0.5) is 13.2 Å². The van der Waals surface area contributed by atoms with E-state index in [1.165, 1.54) is 7.11 Å². The predicted octanol–water partition coefficient (Wildman–Crippen LogP) is 4.52. The van der Waals surface area contributed by atoms with Crippen LogP contribution in [0.2, 0.25) is 0 Å². The minimum Gasteiger partial charge on any atom is -0.375 e. The number of Topliss-reactive ketones (excluding diaryl/α,β-unsaturated/α-hetero) is 1. The van der Waals surface area contributed by atoms with Crippen LogP contribution >= 0.6 is 0 Å². The number of alkyl halides is 3. The third-order valence-electron chi connectivity index (χ3n) is 7.07. The smallest absolute Gasteiger partial charge is 0.375 e. The first-order valence-electron chi connectivity index (χ1n) is 13.0. The van der Waals surface area contributed by atoms with E-state index in [4.69, 9.17) is 4.74 Å². The molecule has 4 aromatic rings. The van der Waals surface area contributed by atoms with Crippen molar-refractivity contribution in [1.29, 1.82) is 0 Å². The van der Waals surface area contributed by atoms with Crippen LogP contribution in [0.1, 0.15) is 37.3 Å². The minimum absolute atomic E-state index is 0.00157. The topological polar surface area (TPSA) is 94.6 Å². The Morgan fingerprint density at radius 2 is 1.80 bits per heavy atom. The van der Waals surface area contributed by atoms with Gasteiger partial charge in [-0.3, -0.25) is 14.3 Å². The Morgan fingerprint density at radius 1 is 1.02 bits per heavy atom. The second-order valence-electron chi connectivity index (χ2n) is 9.94. The summed E-state index contributed by atoms with van der Waals surface area (Å²) < 4.78 is 45.9. The van der Waals surface area contributed by atoms with E-state index in [1.54, 1.807) is 41.3 Å². The number of likely N-dealkylation sites (tertiary alicyclic amines) is 1. The van der Waals surface area contributed by atoms with Crippen molar-refractivity contribution in [3.63, 3.8) is 0 Å². The van der Waals surface area contributed by atoms with Crippen molar-refractivity contribution in [2.75, 3.05) is 26.8 Å². The molecule has 0 aliphatic carbocycles. The Labute approximate surface area is 228 Å². The lowest BCUT2D eigenvalue weighted by Crippen LogP contribution is -2.40. The second-order valence-corrected chi connectivity index (χ2v) is 9.94. The second kappa shape index (κ2) is 11.6. The Bertz CT molecular complexity index is 1500. The number of ketones is 1. The zero-order valence-electron chi connectivity index (χ0n) is 22.0. The number of fused-ring (bicyclic) bond motifs is 1. The van der Waals surface area contributed by atoms with Gasteiger partial charge >= 0.3 is 6.18 Å². The molecule has 1 amide bonds. The van der Waals surface area contributed by atoms with Gasteiger partial charge in [0.05, 0.1) is 36.7 Å². The molecule has 1 aliphatic heterocycles. The van der Waals surface area contributed by atoms with Gasteiger partial charge in [0.25, 0.3) is 0 Å². The summed E-state index contributed by atoms with van der Waals surface area (Å²) in [6.07, 6.45) is 2.75. The molecule has 210 valence electrons. The number of amides is 1. The van der Waals surface area contributed by atoms with Crippen LogP contribution in [0.25, 0.3) is 28.0 Å². The van der Waals surface area contributed by atoms with Crippen molar-refractivity contribution in [1.82, 2.24) is 29.3 Å². The van der Waals surface area contributed by atoms with Crippen LogP contribution in [0.15, 0.2) is 55.1 Å². The molecule has 1 saturated heterocycles. The standard InChI is InChI=1S/C28H29F3N6O3/c1-40-18-27(39)35-9-6-23(7-10-35)36-17-22(15-33-36)21-13-26-32-16-25(37(26)34-14-21)20-4-2-3-19(11-20)12-24(38)5-8-28(29,30)31/h2-4,11,13-17,23H,5-10,12,18H2,1H3. The average Bonchev–Trinajstić information content (AvgIpc) is 3.59. The lowest BCUT2D eigenvalue weighted by atomic mass is 10.0. The van der Waals surface area contributed by atoms with Gasteiger partial charge in [-0.25, -0.2) is 9.50 Å². The lowest BCUT2D eigenvalue weighted by molar-refractivity contribution is -0.143. The lowest BCUT2D eigenvalue weighted by Gasteiger charge is -2.32. The number of carbonyl (C=O) groups is 2. The Balaban J connectivity index is 1.27. The molecule has 0 spiro atoms.